The number of fused-ring (bicyclic) bond motifs is 1. The number of halogens is 1. The summed E-state index contributed by atoms with van der Waals surface area (Å²) in [5.74, 6) is 0.973. The van der Waals surface area contributed by atoms with E-state index >= 15 is 0 Å². The van der Waals surface area contributed by atoms with Gasteiger partial charge < -0.3 is 9.73 Å². The van der Waals surface area contributed by atoms with Crippen LogP contribution in [0.4, 0.5) is 0 Å². The average molecular weight is 280 g/mol. The number of alkyl halides is 1. The molecule has 0 spiro atoms. The Hall–Kier alpha value is -1.48. The number of rotatable bonds is 6. The molecule has 2 rings (SSSR count). The van der Waals surface area contributed by atoms with E-state index in [0.717, 1.165) is 23.8 Å². The zero-order valence-electron chi connectivity index (χ0n) is 11.0. The maximum Gasteiger partial charge on any atom is 0.255 e. The Morgan fingerprint density at radius 2 is 2.21 bits per heavy atom. The van der Waals surface area contributed by atoms with Gasteiger partial charge in [0.2, 0.25) is 0 Å². The minimum Gasteiger partial charge on any atom is -0.463 e. The zero-order valence-corrected chi connectivity index (χ0v) is 11.7. The number of furan rings is 1. The molecule has 0 radical (unpaired) electrons. The first-order chi connectivity index (χ1) is 9.26. The maximum atomic E-state index is 12.1. The van der Waals surface area contributed by atoms with Gasteiger partial charge in [-0.05, 0) is 18.4 Å². The summed E-state index contributed by atoms with van der Waals surface area (Å²) in [5, 5.41) is 3.81. The minimum absolute atomic E-state index is 0.0852. The molecule has 0 aliphatic heterocycles. The van der Waals surface area contributed by atoms with E-state index in [1.54, 1.807) is 0 Å². The zero-order chi connectivity index (χ0) is 13.7. The topological polar surface area (TPSA) is 42.2 Å². The van der Waals surface area contributed by atoms with Crippen LogP contribution in [0.3, 0.4) is 0 Å². The van der Waals surface area contributed by atoms with E-state index in [4.69, 9.17) is 16.0 Å². The van der Waals surface area contributed by atoms with E-state index in [2.05, 4.69) is 12.2 Å². The van der Waals surface area contributed by atoms with Crippen LogP contribution in [-0.2, 0) is 0 Å². The molecule has 0 fully saturated rings. The van der Waals surface area contributed by atoms with Crippen molar-refractivity contribution in [2.75, 3.05) is 12.4 Å². The molecule has 0 saturated carbocycles. The average Bonchev–Trinajstić information content (AvgIpc) is 2.87. The summed E-state index contributed by atoms with van der Waals surface area (Å²) in [6.45, 7) is 2.76. The van der Waals surface area contributed by atoms with Crippen molar-refractivity contribution in [3.8, 4) is 0 Å². The summed E-state index contributed by atoms with van der Waals surface area (Å²) >= 11 is 5.74. The molecule has 0 aliphatic carbocycles. The molecule has 2 aromatic rings. The summed E-state index contributed by atoms with van der Waals surface area (Å²) in [5.41, 5.74) is 1.33. The highest BCUT2D eigenvalue weighted by Gasteiger charge is 2.14. The van der Waals surface area contributed by atoms with E-state index in [1.165, 1.54) is 6.26 Å². The molecule has 1 unspecified atom stereocenters. The van der Waals surface area contributed by atoms with Gasteiger partial charge in [-0.2, -0.15) is 0 Å². The third-order valence-electron chi connectivity index (χ3n) is 3.37. The molecular formula is C15H18ClNO2. The van der Waals surface area contributed by atoms with Crippen LogP contribution in [0.5, 0.6) is 0 Å². The lowest BCUT2D eigenvalue weighted by atomic mass is 10.0. The number of amides is 1. The summed E-state index contributed by atoms with van der Waals surface area (Å²) in [4.78, 5) is 12.1. The Labute approximate surface area is 117 Å². The van der Waals surface area contributed by atoms with Gasteiger partial charge in [-0.1, -0.05) is 31.5 Å². The van der Waals surface area contributed by atoms with Gasteiger partial charge in [-0.15, -0.1) is 11.6 Å². The van der Waals surface area contributed by atoms with Crippen LogP contribution in [0.15, 0.2) is 34.9 Å². The third kappa shape index (κ3) is 3.29. The highest BCUT2D eigenvalue weighted by atomic mass is 35.5. The second-order valence-corrected chi connectivity index (χ2v) is 4.99. The molecule has 0 bridgehead atoms. The monoisotopic (exact) mass is 279 g/mol. The number of nitrogens with one attached hydrogen (secondary N) is 1. The molecule has 0 aliphatic rings. The lowest BCUT2D eigenvalue weighted by Gasteiger charge is -2.13. The first-order valence-corrected chi connectivity index (χ1v) is 7.10. The largest absolute Gasteiger partial charge is 0.463 e. The normalized spacial score (nSPS) is 12.5. The fourth-order valence-corrected chi connectivity index (χ4v) is 2.40. The summed E-state index contributed by atoms with van der Waals surface area (Å²) in [7, 11) is 0. The molecule has 4 heteroatoms. The smallest absolute Gasteiger partial charge is 0.255 e. The third-order valence-corrected chi connectivity index (χ3v) is 3.59. The Morgan fingerprint density at radius 3 is 2.95 bits per heavy atom. The van der Waals surface area contributed by atoms with Crippen molar-refractivity contribution in [3.05, 3.63) is 36.1 Å². The molecule has 1 aromatic heterocycles. The Balaban J connectivity index is 2.04. The second-order valence-electron chi connectivity index (χ2n) is 4.61. The quantitative estimate of drug-likeness (QED) is 0.817. The maximum absolute atomic E-state index is 12.1. The van der Waals surface area contributed by atoms with E-state index in [-0.39, 0.29) is 5.91 Å². The van der Waals surface area contributed by atoms with Gasteiger partial charge in [0.05, 0.1) is 5.56 Å². The molecule has 1 heterocycles. The Morgan fingerprint density at radius 1 is 1.42 bits per heavy atom. The van der Waals surface area contributed by atoms with Crippen molar-refractivity contribution in [1.29, 1.82) is 0 Å². The lowest BCUT2D eigenvalue weighted by molar-refractivity contribution is 0.0947. The first-order valence-electron chi connectivity index (χ1n) is 6.56. The Bertz CT molecular complexity index is 550. The molecule has 1 aromatic carbocycles. The summed E-state index contributed by atoms with van der Waals surface area (Å²) in [6, 6.07) is 7.54. The fraction of sp³-hybridized carbons (Fsp3) is 0.400. The van der Waals surface area contributed by atoms with Crippen molar-refractivity contribution in [1.82, 2.24) is 5.32 Å². The van der Waals surface area contributed by atoms with Crippen LogP contribution in [0.25, 0.3) is 11.0 Å². The molecular weight excluding hydrogens is 262 g/mol. The number of carbonyl (C=O) groups excluding carboxylic acids is 1. The predicted octanol–water partition coefficient (Wildman–Crippen LogP) is 3.82. The molecule has 1 atom stereocenters. The van der Waals surface area contributed by atoms with Crippen molar-refractivity contribution in [3.63, 3.8) is 0 Å². The van der Waals surface area contributed by atoms with E-state index in [1.807, 2.05) is 24.3 Å². The van der Waals surface area contributed by atoms with E-state index in [9.17, 15) is 4.79 Å². The summed E-state index contributed by atoms with van der Waals surface area (Å²) in [6.07, 6.45) is 3.45. The number of para-hydroxylation sites is 1. The van der Waals surface area contributed by atoms with Crippen LogP contribution in [-0.4, -0.2) is 18.3 Å². The number of hydrogen-bond acceptors (Lipinski definition) is 2. The molecule has 0 saturated heterocycles. The van der Waals surface area contributed by atoms with Gasteiger partial charge in [0.1, 0.15) is 11.8 Å². The fourth-order valence-electron chi connectivity index (χ4n) is 2.09. The second kappa shape index (κ2) is 6.62. The lowest BCUT2D eigenvalue weighted by Crippen LogP contribution is -2.29. The first kappa shape index (κ1) is 13.9. The molecule has 1 N–H and O–H groups in total. The standard InChI is InChI=1S/C15H18ClNO2/c1-2-11(7-8-16)9-17-15(18)13-10-19-14-6-4-3-5-12(13)14/h3-6,10-11H,2,7-9H2,1H3,(H,17,18). The van der Waals surface area contributed by atoms with Crippen LogP contribution >= 0.6 is 11.6 Å². The van der Waals surface area contributed by atoms with Crippen molar-refractivity contribution >= 4 is 28.5 Å². The minimum atomic E-state index is -0.0852. The van der Waals surface area contributed by atoms with E-state index < -0.39 is 0 Å². The molecule has 1 amide bonds. The van der Waals surface area contributed by atoms with Crippen LogP contribution in [0, 0.1) is 5.92 Å². The van der Waals surface area contributed by atoms with Gasteiger partial charge in [-0.3, -0.25) is 4.79 Å². The predicted molar refractivity (Wildman–Crippen MR) is 77.7 cm³/mol. The van der Waals surface area contributed by atoms with Crippen LogP contribution < -0.4 is 5.32 Å². The van der Waals surface area contributed by atoms with Gasteiger partial charge in [0, 0.05) is 17.8 Å². The Kier molecular flexibility index (Phi) is 4.86. The van der Waals surface area contributed by atoms with Gasteiger partial charge >= 0.3 is 0 Å². The molecule has 3 nitrogen and oxygen atoms in total. The van der Waals surface area contributed by atoms with E-state index in [0.29, 0.717) is 23.9 Å². The van der Waals surface area contributed by atoms with Crippen molar-refractivity contribution < 1.29 is 9.21 Å². The molecule has 102 valence electrons. The number of benzene rings is 1. The highest BCUT2D eigenvalue weighted by Crippen LogP contribution is 2.20. The number of hydrogen-bond donors (Lipinski definition) is 1. The van der Waals surface area contributed by atoms with Gasteiger partial charge in [-0.25, -0.2) is 0 Å². The summed E-state index contributed by atoms with van der Waals surface area (Å²) < 4.78 is 5.37. The van der Waals surface area contributed by atoms with Gasteiger partial charge in [0.15, 0.2) is 0 Å². The highest BCUT2D eigenvalue weighted by molar-refractivity contribution is 6.17. The van der Waals surface area contributed by atoms with Crippen molar-refractivity contribution in [2.24, 2.45) is 5.92 Å². The number of carbonyl (C=O) groups is 1. The van der Waals surface area contributed by atoms with Crippen LogP contribution in [0.1, 0.15) is 30.1 Å². The van der Waals surface area contributed by atoms with Gasteiger partial charge in [0.25, 0.3) is 5.91 Å². The van der Waals surface area contributed by atoms with Crippen molar-refractivity contribution in [2.45, 2.75) is 19.8 Å². The SMILES string of the molecule is CCC(CCCl)CNC(=O)c1coc2ccccc12. The van der Waals surface area contributed by atoms with Crippen LogP contribution in [0.2, 0.25) is 0 Å². The molecule has 19 heavy (non-hydrogen) atoms.